The lowest BCUT2D eigenvalue weighted by Gasteiger charge is -2.41. The van der Waals surface area contributed by atoms with Gasteiger partial charge in [0.25, 0.3) is 0 Å². The Morgan fingerprint density at radius 2 is 1.26 bits per heavy atom. The summed E-state index contributed by atoms with van der Waals surface area (Å²) in [7, 11) is 1.13. The Morgan fingerprint density at radius 3 is 1.69 bits per heavy atom. The van der Waals surface area contributed by atoms with Crippen molar-refractivity contribution in [3.05, 3.63) is 11.8 Å². The molecule has 1 rings (SSSR count). The predicted octanol–water partition coefficient (Wildman–Crippen LogP) is 6.30. The molecule has 0 fully saturated rings. The number of guanidine groups is 1. The summed E-state index contributed by atoms with van der Waals surface area (Å²) in [6.45, 7) is 15.3. The summed E-state index contributed by atoms with van der Waals surface area (Å²) in [5.74, 6) is -3.72. The topological polar surface area (TPSA) is 215 Å². The summed E-state index contributed by atoms with van der Waals surface area (Å²) in [4.78, 5) is 80.7. The van der Waals surface area contributed by atoms with Crippen LogP contribution in [0.1, 0.15) is 146 Å². The first kappa shape index (κ1) is 51.6. The lowest BCUT2D eigenvalue weighted by Crippen LogP contribution is -2.61. The molecule has 0 saturated heterocycles. The summed E-state index contributed by atoms with van der Waals surface area (Å²) in [5.41, 5.74) is -1.87. The molecule has 3 N–H and O–H groups in total. The molecular weight excluding hydrogens is 756 g/mol. The highest BCUT2D eigenvalue weighted by Crippen LogP contribution is 2.29. The molecular formula is C41H70N4O13. The number of nitrogens with zero attached hydrogens (tertiary/aromatic N) is 1. The van der Waals surface area contributed by atoms with Gasteiger partial charge < -0.3 is 38.5 Å². The molecule has 0 aromatic heterocycles. The predicted molar refractivity (Wildman–Crippen MR) is 216 cm³/mol. The third kappa shape index (κ3) is 23.1. The fourth-order valence-electron chi connectivity index (χ4n) is 5.95. The van der Waals surface area contributed by atoms with E-state index in [1.54, 1.807) is 41.5 Å². The summed E-state index contributed by atoms with van der Waals surface area (Å²) < 4.78 is 39.2. The van der Waals surface area contributed by atoms with E-state index in [-0.39, 0.29) is 12.4 Å². The van der Waals surface area contributed by atoms with E-state index in [1.165, 1.54) is 71.8 Å². The van der Waals surface area contributed by atoms with Crippen molar-refractivity contribution in [2.24, 2.45) is 4.99 Å². The average molecular weight is 827 g/mol. The van der Waals surface area contributed by atoms with Crippen molar-refractivity contribution in [1.82, 2.24) is 16.0 Å². The van der Waals surface area contributed by atoms with Crippen LogP contribution in [-0.4, -0.2) is 104 Å². The van der Waals surface area contributed by atoms with Crippen molar-refractivity contribution < 1.29 is 61.9 Å². The highest BCUT2D eigenvalue weighted by Gasteiger charge is 2.47. The van der Waals surface area contributed by atoms with E-state index in [1.807, 2.05) is 0 Å². The Labute approximate surface area is 344 Å². The third-order valence-corrected chi connectivity index (χ3v) is 8.35. The van der Waals surface area contributed by atoms with Gasteiger partial charge in [-0.2, -0.15) is 0 Å². The molecule has 17 nitrogen and oxygen atoms in total. The van der Waals surface area contributed by atoms with Gasteiger partial charge in [-0.3, -0.25) is 25.0 Å². The summed E-state index contributed by atoms with van der Waals surface area (Å²) in [6.07, 6.45) is 8.72. The quantitative estimate of drug-likeness (QED) is 0.0360. The summed E-state index contributed by atoms with van der Waals surface area (Å²) in [5, 5.41) is 7.56. The second-order valence-corrected chi connectivity index (χ2v) is 16.2. The maximum atomic E-state index is 13.1. The molecule has 332 valence electrons. The van der Waals surface area contributed by atoms with E-state index in [4.69, 9.17) is 33.2 Å². The Balaban J connectivity index is 3.60. The molecule has 5 atom stereocenters. The molecule has 1 heterocycles. The van der Waals surface area contributed by atoms with E-state index in [0.717, 1.165) is 32.8 Å². The number of hydrogen-bond donors (Lipinski definition) is 3. The molecule has 1 aliphatic heterocycles. The van der Waals surface area contributed by atoms with Crippen LogP contribution in [0.5, 0.6) is 0 Å². The highest BCUT2D eigenvalue weighted by atomic mass is 16.6. The van der Waals surface area contributed by atoms with Crippen molar-refractivity contribution in [2.45, 2.75) is 188 Å². The number of nitrogens with one attached hydrogen (secondary N) is 3. The van der Waals surface area contributed by atoms with Crippen molar-refractivity contribution in [1.29, 1.82) is 0 Å². The monoisotopic (exact) mass is 826 g/mol. The smallest absolute Gasteiger partial charge is 0.414 e. The molecule has 0 unspecified atom stereocenters. The number of alkyl carbamates (subject to hydrolysis) is 2. The zero-order valence-electron chi connectivity index (χ0n) is 36.6. The van der Waals surface area contributed by atoms with Crippen LogP contribution in [0.25, 0.3) is 0 Å². The van der Waals surface area contributed by atoms with Gasteiger partial charge in [0.1, 0.15) is 23.9 Å². The molecule has 0 aliphatic carbocycles. The number of unbranched alkanes of at least 4 members (excludes halogenated alkanes) is 11. The van der Waals surface area contributed by atoms with Crippen LogP contribution in [0.2, 0.25) is 0 Å². The van der Waals surface area contributed by atoms with Crippen LogP contribution in [-0.2, 0) is 52.3 Å². The first-order valence-corrected chi connectivity index (χ1v) is 20.4. The van der Waals surface area contributed by atoms with E-state index in [9.17, 15) is 28.8 Å². The molecule has 3 amide bonds. The molecule has 0 aromatic carbocycles. The molecule has 0 bridgehead atoms. The molecule has 0 spiro atoms. The third-order valence-electron chi connectivity index (χ3n) is 8.35. The van der Waals surface area contributed by atoms with Gasteiger partial charge in [-0.05, 0) is 54.0 Å². The van der Waals surface area contributed by atoms with Gasteiger partial charge in [-0.1, -0.05) is 77.6 Å². The number of aliphatic imine (C=N–C) groups is 1. The summed E-state index contributed by atoms with van der Waals surface area (Å²) >= 11 is 0. The summed E-state index contributed by atoms with van der Waals surface area (Å²) in [6, 6.07) is -2.51. The number of carbonyl (C=O) groups is 6. The fourth-order valence-corrected chi connectivity index (χ4v) is 5.95. The Morgan fingerprint density at radius 1 is 0.759 bits per heavy atom. The first-order valence-electron chi connectivity index (χ1n) is 20.4. The van der Waals surface area contributed by atoms with Crippen LogP contribution < -0.4 is 16.0 Å². The minimum absolute atomic E-state index is 0.142. The van der Waals surface area contributed by atoms with Crippen LogP contribution in [0.3, 0.4) is 0 Å². The van der Waals surface area contributed by atoms with E-state index >= 15 is 0 Å². The first-order chi connectivity index (χ1) is 27.1. The lowest BCUT2D eigenvalue weighted by atomic mass is 9.92. The molecule has 58 heavy (non-hydrogen) atoms. The minimum atomic E-state index is -1.36. The number of rotatable bonds is 22. The van der Waals surface area contributed by atoms with E-state index in [0.29, 0.717) is 6.42 Å². The number of carbonyl (C=O) groups excluding carboxylic acids is 6. The SMILES string of the molecule is CCCCCCCCCCCCCCO[C@@H]([C@@H]1OC(C(=O)OC)=C[C@H](N=C(NC(=O)OC(C)(C)C)NC(=O)OC(C)(C)C)[C@H]1NC(C)=O)[C@@H](COC(C)=O)OC(C)=O. The van der Waals surface area contributed by atoms with Crippen molar-refractivity contribution in [3.63, 3.8) is 0 Å². The van der Waals surface area contributed by atoms with Gasteiger partial charge in [-0.25, -0.2) is 19.4 Å². The Kier molecular flexibility index (Phi) is 23.6. The Hall–Kier alpha value is -4.41. The standard InChI is InChI=1S/C41H70N4O13/c1-12-13-14-15-16-17-18-19-20-21-22-23-24-53-34(32(55-29(4)48)26-54-28(3)47)35-33(42-27(2)46)30(25-31(56-35)36(49)52-11)43-37(44-38(50)57-40(5,6)7)45-39(51)58-41(8,9)10/h25,30,32-35H,12-24,26H2,1-11H3,(H,42,46)(H2,43,44,45,50,51)/t30-,32+,33+,34+,35+/m0/s1. The number of esters is 3. The highest BCUT2D eigenvalue weighted by molar-refractivity contribution is 6.01. The van der Waals surface area contributed by atoms with Crippen LogP contribution in [0.15, 0.2) is 16.8 Å². The number of amides is 3. The maximum absolute atomic E-state index is 13.1. The van der Waals surface area contributed by atoms with E-state index < -0.39 is 90.2 Å². The van der Waals surface area contributed by atoms with Gasteiger partial charge in [0.15, 0.2) is 12.2 Å². The minimum Gasteiger partial charge on any atom is -0.478 e. The van der Waals surface area contributed by atoms with Gasteiger partial charge in [-0.15, -0.1) is 0 Å². The second-order valence-electron chi connectivity index (χ2n) is 16.2. The Bertz CT molecular complexity index is 1350. The number of ether oxygens (including phenoxy) is 7. The van der Waals surface area contributed by atoms with E-state index in [2.05, 4.69) is 27.9 Å². The maximum Gasteiger partial charge on any atom is 0.414 e. The molecule has 1 aliphatic rings. The van der Waals surface area contributed by atoms with Gasteiger partial charge in [0.05, 0.1) is 19.2 Å². The molecule has 0 aromatic rings. The molecule has 0 saturated carbocycles. The van der Waals surface area contributed by atoms with Crippen LogP contribution >= 0.6 is 0 Å². The lowest BCUT2D eigenvalue weighted by molar-refractivity contribution is -0.182. The normalized spacial score (nSPS) is 17.6. The van der Waals surface area contributed by atoms with Crippen molar-refractivity contribution in [2.75, 3.05) is 20.3 Å². The van der Waals surface area contributed by atoms with Crippen LogP contribution in [0, 0.1) is 0 Å². The second kappa shape index (κ2) is 26.6. The zero-order valence-corrected chi connectivity index (χ0v) is 36.6. The van der Waals surface area contributed by atoms with Gasteiger partial charge >= 0.3 is 30.1 Å². The van der Waals surface area contributed by atoms with Crippen molar-refractivity contribution >= 4 is 42.0 Å². The molecule has 17 heteroatoms. The zero-order chi connectivity index (χ0) is 43.9. The number of hydrogen-bond acceptors (Lipinski definition) is 14. The van der Waals surface area contributed by atoms with Gasteiger partial charge in [0, 0.05) is 27.4 Å². The molecule has 0 radical (unpaired) electrons. The largest absolute Gasteiger partial charge is 0.478 e. The fraction of sp³-hybridized carbons (Fsp3) is 0.780. The number of methoxy groups -OCH3 is 1. The van der Waals surface area contributed by atoms with Crippen molar-refractivity contribution in [3.8, 4) is 0 Å². The van der Waals surface area contributed by atoms with Crippen LogP contribution in [0.4, 0.5) is 9.59 Å². The average Bonchev–Trinajstić information content (AvgIpc) is 3.08. The van der Waals surface area contributed by atoms with Gasteiger partial charge in [0.2, 0.25) is 17.6 Å².